The van der Waals surface area contributed by atoms with E-state index in [4.69, 9.17) is 0 Å². The summed E-state index contributed by atoms with van der Waals surface area (Å²) in [6.45, 7) is 5.28. The van der Waals surface area contributed by atoms with Gasteiger partial charge in [0.15, 0.2) is 0 Å². The van der Waals surface area contributed by atoms with Crippen molar-refractivity contribution >= 4 is 11.5 Å². The monoisotopic (exact) mass is 191 g/mol. The first kappa shape index (κ1) is 9.31. The van der Waals surface area contributed by atoms with Crippen LogP contribution < -0.4 is 10.6 Å². The van der Waals surface area contributed by atoms with E-state index in [1.165, 1.54) is 18.4 Å². The van der Waals surface area contributed by atoms with Gasteiger partial charge in [-0.1, -0.05) is 13.3 Å². The number of fused-ring (bicyclic) bond motifs is 1. The minimum atomic E-state index is 0.530. The number of rotatable bonds is 2. The van der Waals surface area contributed by atoms with Crippen LogP contribution >= 0.6 is 0 Å². The van der Waals surface area contributed by atoms with Crippen LogP contribution in [0.5, 0.6) is 0 Å². The van der Waals surface area contributed by atoms with Crippen molar-refractivity contribution in [2.75, 3.05) is 17.2 Å². The normalized spacial score (nSPS) is 19.4. The van der Waals surface area contributed by atoms with E-state index in [0.29, 0.717) is 6.04 Å². The van der Waals surface area contributed by atoms with Crippen molar-refractivity contribution in [2.45, 2.75) is 32.7 Å². The fourth-order valence-corrected chi connectivity index (χ4v) is 1.82. The number of hydrogen-bond acceptors (Lipinski definition) is 3. The topological polar surface area (TPSA) is 37.0 Å². The molecule has 0 saturated carbocycles. The van der Waals surface area contributed by atoms with Crippen LogP contribution in [-0.4, -0.2) is 17.6 Å². The Balaban J connectivity index is 2.15. The zero-order chi connectivity index (χ0) is 9.97. The van der Waals surface area contributed by atoms with Crippen molar-refractivity contribution in [3.05, 3.63) is 17.8 Å². The van der Waals surface area contributed by atoms with Gasteiger partial charge in [0.05, 0.1) is 5.69 Å². The van der Waals surface area contributed by atoms with Crippen LogP contribution in [0, 0.1) is 6.92 Å². The third kappa shape index (κ3) is 1.81. The van der Waals surface area contributed by atoms with Crippen LogP contribution in [-0.2, 0) is 0 Å². The van der Waals surface area contributed by atoms with E-state index in [9.17, 15) is 0 Å². The van der Waals surface area contributed by atoms with Gasteiger partial charge in [-0.05, 0) is 25.0 Å². The molecule has 0 aliphatic carbocycles. The zero-order valence-electron chi connectivity index (χ0n) is 8.80. The maximum atomic E-state index is 4.38. The maximum Gasteiger partial charge on any atom is 0.149 e. The van der Waals surface area contributed by atoms with E-state index >= 15 is 0 Å². The molecule has 2 N–H and O–H groups in total. The molecule has 0 spiro atoms. The first-order valence-corrected chi connectivity index (χ1v) is 5.26. The Labute approximate surface area is 84.9 Å². The van der Waals surface area contributed by atoms with E-state index in [1.54, 1.807) is 0 Å². The second kappa shape index (κ2) is 3.86. The van der Waals surface area contributed by atoms with Crippen LogP contribution in [0.15, 0.2) is 12.3 Å². The molecule has 3 nitrogen and oxygen atoms in total. The first-order chi connectivity index (χ1) is 6.79. The van der Waals surface area contributed by atoms with E-state index < -0.39 is 0 Å². The quantitative estimate of drug-likeness (QED) is 0.753. The predicted octanol–water partition coefficient (Wildman–Crippen LogP) is 2.40. The summed E-state index contributed by atoms with van der Waals surface area (Å²) in [4.78, 5) is 4.38. The van der Waals surface area contributed by atoms with E-state index in [0.717, 1.165) is 18.1 Å². The molecule has 76 valence electrons. The Hall–Kier alpha value is -1.25. The molecule has 0 amide bonds. The van der Waals surface area contributed by atoms with Crippen molar-refractivity contribution in [1.29, 1.82) is 0 Å². The lowest BCUT2D eigenvalue weighted by Gasteiger charge is -2.27. The summed E-state index contributed by atoms with van der Waals surface area (Å²) in [7, 11) is 0. The molecule has 1 aliphatic heterocycles. The van der Waals surface area contributed by atoms with Crippen molar-refractivity contribution in [1.82, 2.24) is 4.98 Å². The first-order valence-electron chi connectivity index (χ1n) is 5.26. The average molecular weight is 191 g/mol. The molecule has 0 fully saturated rings. The Kier molecular flexibility index (Phi) is 2.57. The number of aryl methyl sites for hydroxylation is 1. The highest BCUT2D eigenvalue weighted by Crippen LogP contribution is 2.25. The lowest BCUT2D eigenvalue weighted by Crippen LogP contribution is -2.33. The number of hydrogen-bond donors (Lipinski definition) is 2. The zero-order valence-corrected chi connectivity index (χ0v) is 8.80. The molecule has 14 heavy (non-hydrogen) atoms. The predicted molar refractivity (Wildman–Crippen MR) is 59.8 cm³/mol. The SMILES string of the molecule is CCCC1CNc2cc(C)cnc2N1. The highest BCUT2D eigenvalue weighted by atomic mass is 15.1. The number of nitrogens with zero attached hydrogens (tertiary/aromatic N) is 1. The van der Waals surface area contributed by atoms with Crippen molar-refractivity contribution in [2.24, 2.45) is 0 Å². The lowest BCUT2D eigenvalue weighted by molar-refractivity contribution is 0.652. The fourth-order valence-electron chi connectivity index (χ4n) is 1.82. The van der Waals surface area contributed by atoms with Gasteiger partial charge in [-0.2, -0.15) is 0 Å². The molecule has 1 atom stereocenters. The van der Waals surface area contributed by atoms with Crippen molar-refractivity contribution < 1.29 is 0 Å². The molecular formula is C11H17N3. The van der Waals surface area contributed by atoms with Gasteiger partial charge >= 0.3 is 0 Å². The highest BCUT2D eigenvalue weighted by Gasteiger charge is 2.16. The Morgan fingerprint density at radius 3 is 3.21 bits per heavy atom. The smallest absolute Gasteiger partial charge is 0.149 e. The van der Waals surface area contributed by atoms with Gasteiger partial charge in [0, 0.05) is 18.8 Å². The van der Waals surface area contributed by atoms with Gasteiger partial charge in [0.2, 0.25) is 0 Å². The molecule has 1 aromatic rings. The molecule has 0 aromatic carbocycles. The van der Waals surface area contributed by atoms with E-state index in [1.807, 2.05) is 6.20 Å². The molecule has 1 aromatic heterocycles. The summed E-state index contributed by atoms with van der Waals surface area (Å²) >= 11 is 0. The molecule has 1 unspecified atom stereocenters. The van der Waals surface area contributed by atoms with Gasteiger partial charge in [-0.25, -0.2) is 4.98 Å². The van der Waals surface area contributed by atoms with E-state index in [2.05, 4.69) is 35.5 Å². The standard InChI is InChI=1S/C11H17N3/c1-3-4-9-7-12-10-5-8(2)6-13-11(10)14-9/h5-6,9,12H,3-4,7H2,1-2H3,(H,13,14). The Bertz CT molecular complexity index is 322. The summed E-state index contributed by atoms with van der Waals surface area (Å²) in [6, 6.07) is 2.67. The molecule has 3 heteroatoms. The third-order valence-corrected chi connectivity index (χ3v) is 2.54. The summed E-state index contributed by atoms with van der Waals surface area (Å²) in [5.74, 6) is 1.00. The third-order valence-electron chi connectivity index (χ3n) is 2.54. The molecule has 1 aliphatic rings. The molecule has 0 bridgehead atoms. The largest absolute Gasteiger partial charge is 0.380 e. The van der Waals surface area contributed by atoms with Crippen molar-refractivity contribution in [3.63, 3.8) is 0 Å². The average Bonchev–Trinajstić information content (AvgIpc) is 2.19. The second-order valence-electron chi connectivity index (χ2n) is 3.92. The molecule has 0 radical (unpaired) electrons. The van der Waals surface area contributed by atoms with Crippen LogP contribution in [0.4, 0.5) is 11.5 Å². The van der Waals surface area contributed by atoms with Gasteiger partial charge in [-0.15, -0.1) is 0 Å². The number of pyridine rings is 1. The van der Waals surface area contributed by atoms with Gasteiger partial charge in [0.25, 0.3) is 0 Å². The summed E-state index contributed by atoms with van der Waals surface area (Å²) in [5, 5.41) is 6.86. The summed E-state index contributed by atoms with van der Waals surface area (Å²) in [5.41, 5.74) is 2.34. The Morgan fingerprint density at radius 2 is 2.43 bits per heavy atom. The lowest BCUT2D eigenvalue weighted by atomic mass is 10.1. The van der Waals surface area contributed by atoms with Crippen LogP contribution in [0.1, 0.15) is 25.3 Å². The number of aromatic nitrogens is 1. The van der Waals surface area contributed by atoms with Gasteiger partial charge in [0.1, 0.15) is 5.82 Å². The highest BCUT2D eigenvalue weighted by molar-refractivity contribution is 5.67. The fraction of sp³-hybridized carbons (Fsp3) is 0.545. The minimum Gasteiger partial charge on any atom is -0.380 e. The maximum absolute atomic E-state index is 4.38. The minimum absolute atomic E-state index is 0.530. The number of nitrogens with one attached hydrogen (secondary N) is 2. The molecule has 0 saturated heterocycles. The molecule has 2 heterocycles. The van der Waals surface area contributed by atoms with E-state index in [-0.39, 0.29) is 0 Å². The van der Waals surface area contributed by atoms with Crippen LogP contribution in [0.3, 0.4) is 0 Å². The summed E-state index contributed by atoms with van der Waals surface area (Å²) < 4.78 is 0. The Morgan fingerprint density at radius 1 is 1.57 bits per heavy atom. The molecular weight excluding hydrogens is 174 g/mol. The summed E-state index contributed by atoms with van der Waals surface area (Å²) in [6.07, 6.45) is 4.31. The second-order valence-corrected chi connectivity index (χ2v) is 3.92. The molecule has 2 rings (SSSR count). The number of anilines is 2. The van der Waals surface area contributed by atoms with Gasteiger partial charge < -0.3 is 10.6 Å². The van der Waals surface area contributed by atoms with Gasteiger partial charge in [-0.3, -0.25) is 0 Å². The van der Waals surface area contributed by atoms with Crippen molar-refractivity contribution in [3.8, 4) is 0 Å². The van der Waals surface area contributed by atoms with Crippen LogP contribution in [0.2, 0.25) is 0 Å². The van der Waals surface area contributed by atoms with Crippen LogP contribution in [0.25, 0.3) is 0 Å².